The number of hydrogen-bond acceptors (Lipinski definition) is 10. The highest BCUT2D eigenvalue weighted by Gasteiger charge is 2.34. The minimum Gasteiger partial charge on any atom is -0.378 e. The highest BCUT2D eigenvalue weighted by Crippen LogP contribution is 2.30. The molecule has 2 unspecified atom stereocenters. The van der Waals surface area contributed by atoms with Gasteiger partial charge < -0.3 is 30.2 Å². The second-order valence-corrected chi connectivity index (χ2v) is 12.9. The highest BCUT2D eigenvalue weighted by atomic mass is 32.2. The number of aromatic nitrogens is 3. The Morgan fingerprint density at radius 2 is 0.741 bits per heavy atom. The lowest BCUT2D eigenvalue weighted by Gasteiger charge is -2.29. The smallest absolute Gasteiger partial charge is 0.378 e. The largest absolute Gasteiger partial charge is 0.433 e. The SMILES string of the molecule is CC1COCC(c2ccc(C(F)(F)F)nc2)N1.CSF.C[C@@H]1COC[C@H](c2ccc(C(F)(F)F)nc2)N1.C[C@H]1COC[C@@H](c2ccc(C(F)(F)F)nc2)N1. The molecule has 0 radical (unpaired) electrons. The quantitative estimate of drug-likeness (QED) is 0.229. The van der Waals surface area contributed by atoms with E-state index in [-0.39, 0.29) is 48.4 Å². The number of nitrogens with one attached hydrogen (secondary N) is 3. The monoisotopic (exact) mass is 804 g/mol. The van der Waals surface area contributed by atoms with Crippen molar-refractivity contribution in [3.63, 3.8) is 0 Å². The molecule has 9 nitrogen and oxygen atoms in total. The summed E-state index contributed by atoms with van der Waals surface area (Å²) < 4.78 is 137. The fourth-order valence-corrected chi connectivity index (χ4v) is 5.32. The Bertz CT molecular complexity index is 1340. The predicted octanol–water partition coefficient (Wildman–Crippen LogP) is 7.68. The van der Waals surface area contributed by atoms with Crippen LogP contribution in [0.2, 0.25) is 0 Å². The molecule has 0 aliphatic carbocycles. The summed E-state index contributed by atoms with van der Waals surface area (Å²) in [6, 6.07) is 7.61. The number of halogens is 10. The molecule has 302 valence electrons. The van der Waals surface area contributed by atoms with Crippen LogP contribution < -0.4 is 16.0 Å². The minimum atomic E-state index is -4.39. The average Bonchev–Trinajstić information content (AvgIpc) is 3.12. The first-order chi connectivity index (χ1) is 25.3. The maximum atomic E-state index is 12.3. The lowest BCUT2D eigenvalue weighted by Crippen LogP contribution is -2.41. The summed E-state index contributed by atoms with van der Waals surface area (Å²) in [5.41, 5.74) is -0.471. The van der Waals surface area contributed by atoms with Gasteiger partial charge in [-0.25, -0.2) is 0 Å². The number of rotatable bonds is 3. The van der Waals surface area contributed by atoms with Gasteiger partial charge in [0.1, 0.15) is 17.1 Å². The minimum absolute atomic E-state index is 0.0893. The van der Waals surface area contributed by atoms with E-state index in [9.17, 15) is 43.4 Å². The Morgan fingerprint density at radius 1 is 0.500 bits per heavy atom. The summed E-state index contributed by atoms with van der Waals surface area (Å²) in [5, 5.41) is 9.73. The Kier molecular flexibility index (Phi) is 17.3. The van der Waals surface area contributed by atoms with E-state index in [1.54, 1.807) is 0 Å². The number of nitrogens with zero attached hydrogens (tertiary/aromatic N) is 3. The summed E-state index contributed by atoms with van der Waals surface area (Å²) in [4.78, 5) is 10.3. The third-order valence-corrected chi connectivity index (χ3v) is 7.85. The van der Waals surface area contributed by atoms with Crippen LogP contribution in [-0.2, 0) is 32.7 Å². The van der Waals surface area contributed by atoms with Gasteiger partial charge in [0.2, 0.25) is 0 Å². The first-order valence-corrected chi connectivity index (χ1v) is 17.7. The number of pyridine rings is 3. The fourth-order valence-electron chi connectivity index (χ4n) is 5.32. The summed E-state index contributed by atoms with van der Waals surface area (Å²) in [6.07, 6.45) is -8.03. The summed E-state index contributed by atoms with van der Waals surface area (Å²) >= 11 is 0.250. The molecule has 0 saturated carbocycles. The van der Waals surface area contributed by atoms with Crippen LogP contribution in [0.25, 0.3) is 0 Å². The van der Waals surface area contributed by atoms with E-state index in [4.69, 9.17) is 14.2 Å². The molecule has 6 heterocycles. The second-order valence-electron chi connectivity index (χ2n) is 12.6. The molecular formula is C34H42F10N6O3S. The van der Waals surface area contributed by atoms with E-state index in [1.165, 1.54) is 43.0 Å². The van der Waals surface area contributed by atoms with Crippen LogP contribution in [0.15, 0.2) is 55.0 Å². The molecular weight excluding hydrogens is 762 g/mol. The molecule has 0 spiro atoms. The number of morpholine rings is 3. The van der Waals surface area contributed by atoms with Gasteiger partial charge in [0, 0.05) is 55.1 Å². The topological polar surface area (TPSA) is 102 Å². The van der Waals surface area contributed by atoms with Crippen LogP contribution in [0.4, 0.5) is 43.4 Å². The van der Waals surface area contributed by atoms with Crippen molar-refractivity contribution in [1.29, 1.82) is 0 Å². The van der Waals surface area contributed by atoms with Crippen LogP contribution in [0, 0.1) is 0 Å². The molecule has 0 aromatic carbocycles. The van der Waals surface area contributed by atoms with Crippen LogP contribution in [-0.4, -0.2) is 79.0 Å². The number of alkyl halides is 9. The van der Waals surface area contributed by atoms with Crippen molar-refractivity contribution in [2.75, 3.05) is 45.9 Å². The molecule has 54 heavy (non-hydrogen) atoms. The van der Waals surface area contributed by atoms with Gasteiger partial charge in [-0.2, -0.15) is 43.4 Å². The zero-order valence-electron chi connectivity index (χ0n) is 29.7. The molecule has 3 aromatic heterocycles. The van der Waals surface area contributed by atoms with Crippen molar-refractivity contribution in [3.05, 3.63) is 88.8 Å². The fraction of sp³-hybridized carbons (Fsp3) is 0.559. The van der Waals surface area contributed by atoms with Gasteiger partial charge in [-0.1, -0.05) is 18.2 Å². The first kappa shape index (κ1) is 45.3. The zero-order valence-corrected chi connectivity index (χ0v) is 30.5. The molecule has 6 rings (SSSR count). The maximum absolute atomic E-state index is 12.3. The lowest BCUT2D eigenvalue weighted by molar-refractivity contribution is -0.142. The van der Waals surface area contributed by atoms with Crippen molar-refractivity contribution in [2.24, 2.45) is 0 Å². The number of hydrogen-bond donors (Lipinski definition) is 3. The molecule has 3 fully saturated rings. The van der Waals surface area contributed by atoms with Gasteiger partial charge in [0.15, 0.2) is 0 Å². The molecule has 3 aromatic rings. The van der Waals surface area contributed by atoms with Crippen LogP contribution in [0.3, 0.4) is 0 Å². The second kappa shape index (κ2) is 20.7. The highest BCUT2D eigenvalue weighted by molar-refractivity contribution is 7.93. The van der Waals surface area contributed by atoms with Gasteiger partial charge in [-0.3, -0.25) is 15.0 Å². The lowest BCUT2D eigenvalue weighted by atomic mass is 10.1. The summed E-state index contributed by atoms with van der Waals surface area (Å²) in [5.74, 6) is 0. The van der Waals surface area contributed by atoms with Crippen LogP contribution >= 0.6 is 12.1 Å². The van der Waals surface area contributed by atoms with Crippen LogP contribution in [0.5, 0.6) is 0 Å². The van der Waals surface area contributed by atoms with E-state index < -0.39 is 35.6 Å². The Balaban J connectivity index is 0.000000210. The van der Waals surface area contributed by atoms with Crippen molar-refractivity contribution < 1.29 is 57.6 Å². The normalized spacial score (nSPS) is 24.8. The molecule has 3 N–H and O–H groups in total. The average molecular weight is 805 g/mol. The van der Waals surface area contributed by atoms with E-state index >= 15 is 0 Å². The maximum Gasteiger partial charge on any atom is 0.433 e. The van der Waals surface area contributed by atoms with Gasteiger partial charge in [-0.05, 0) is 55.7 Å². The van der Waals surface area contributed by atoms with Gasteiger partial charge in [0.05, 0.1) is 57.8 Å². The summed E-state index contributed by atoms with van der Waals surface area (Å²) in [6.45, 7) is 9.10. The van der Waals surface area contributed by atoms with Gasteiger partial charge in [-0.15, -0.1) is 0 Å². The predicted molar refractivity (Wildman–Crippen MR) is 181 cm³/mol. The molecule has 0 amide bonds. The van der Waals surface area contributed by atoms with Gasteiger partial charge >= 0.3 is 18.5 Å². The molecule has 3 aliphatic rings. The van der Waals surface area contributed by atoms with Gasteiger partial charge in [0.25, 0.3) is 0 Å². The molecule has 0 bridgehead atoms. The van der Waals surface area contributed by atoms with Crippen LogP contribution in [0.1, 0.15) is 72.7 Å². The third-order valence-electron chi connectivity index (χ3n) is 7.85. The molecule has 20 heteroatoms. The standard InChI is InChI=1S/3C11H13F3N2O.CH3FS/c3*1-7-5-17-6-9(16-7)8-2-3-10(15-4-8)11(12,13)14;1-3-2/h3*2-4,7,9,16H,5-6H2,1H3;1H3/t2*7-,9-;;/m10../s1. The Morgan fingerprint density at radius 3 is 0.907 bits per heavy atom. The molecule has 3 aliphatic heterocycles. The molecule has 6 atom stereocenters. The first-order valence-electron chi connectivity index (χ1n) is 16.6. The van der Waals surface area contributed by atoms with Crippen molar-refractivity contribution in [3.8, 4) is 0 Å². The van der Waals surface area contributed by atoms with Crippen molar-refractivity contribution in [2.45, 2.75) is 75.6 Å². The van der Waals surface area contributed by atoms with E-state index in [0.717, 1.165) is 18.2 Å². The Labute approximate surface area is 310 Å². The van der Waals surface area contributed by atoms with E-state index in [2.05, 4.69) is 30.9 Å². The molecule has 3 saturated heterocycles. The Hall–Kier alpha value is -3.14. The zero-order chi connectivity index (χ0) is 40.1. The van der Waals surface area contributed by atoms with E-state index in [1.807, 2.05) is 20.8 Å². The summed E-state index contributed by atoms with van der Waals surface area (Å²) in [7, 11) is 0. The number of ether oxygens (including phenoxy) is 3. The third kappa shape index (κ3) is 14.8. The van der Waals surface area contributed by atoms with E-state index in [0.29, 0.717) is 56.3 Å². The van der Waals surface area contributed by atoms with Crippen molar-refractivity contribution >= 4 is 12.1 Å². The van der Waals surface area contributed by atoms with Crippen molar-refractivity contribution in [1.82, 2.24) is 30.9 Å².